The lowest BCUT2D eigenvalue weighted by Crippen LogP contribution is -2.43. The Labute approximate surface area is 153 Å². The zero-order valence-electron chi connectivity index (χ0n) is 14.9. The fourth-order valence-electron chi connectivity index (χ4n) is 3.16. The highest BCUT2D eigenvalue weighted by atomic mass is 32.2. The Morgan fingerprint density at radius 3 is 2.42 bits per heavy atom. The summed E-state index contributed by atoms with van der Waals surface area (Å²) in [6, 6.07) is 10.9. The van der Waals surface area contributed by atoms with Crippen LogP contribution in [0.4, 0.5) is 0 Å². The quantitative estimate of drug-likeness (QED) is 0.768. The highest BCUT2D eigenvalue weighted by Crippen LogP contribution is 2.36. The van der Waals surface area contributed by atoms with Crippen LogP contribution in [0, 0.1) is 6.92 Å². The summed E-state index contributed by atoms with van der Waals surface area (Å²) in [5, 5.41) is 0. The Bertz CT molecular complexity index is 921. The number of rotatable bonds is 4. The minimum Gasteiger partial charge on any atom is -0.497 e. The van der Waals surface area contributed by atoms with Crippen LogP contribution in [0.5, 0.6) is 5.75 Å². The molecule has 1 atom stereocenters. The fourth-order valence-corrected chi connectivity index (χ4v) is 4.72. The van der Waals surface area contributed by atoms with Gasteiger partial charge in [-0.2, -0.15) is 4.31 Å². The van der Waals surface area contributed by atoms with Crippen molar-refractivity contribution in [1.82, 2.24) is 4.31 Å². The largest absolute Gasteiger partial charge is 0.497 e. The van der Waals surface area contributed by atoms with Gasteiger partial charge in [-0.15, -0.1) is 0 Å². The molecule has 0 spiro atoms. The summed E-state index contributed by atoms with van der Waals surface area (Å²) in [6.45, 7) is 2.09. The number of esters is 1. The highest BCUT2D eigenvalue weighted by molar-refractivity contribution is 7.89. The number of aryl methyl sites for hydroxylation is 1. The van der Waals surface area contributed by atoms with Crippen LogP contribution in [0.15, 0.2) is 47.4 Å². The molecule has 1 aliphatic rings. The first kappa shape index (κ1) is 18.4. The molecule has 0 saturated heterocycles. The number of benzene rings is 2. The van der Waals surface area contributed by atoms with Gasteiger partial charge in [-0.1, -0.05) is 23.8 Å². The van der Waals surface area contributed by atoms with E-state index in [0.717, 1.165) is 11.1 Å². The van der Waals surface area contributed by atoms with Crippen molar-refractivity contribution in [3.8, 4) is 5.75 Å². The van der Waals surface area contributed by atoms with Gasteiger partial charge in [-0.3, -0.25) is 0 Å². The summed E-state index contributed by atoms with van der Waals surface area (Å²) in [4.78, 5) is 12.7. The Morgan fingerprint density at radius 2 is 1.81 bits per heavy atom. The van der Waals surface area contributed by atoms with Crippen molar-refractivity contribution >= 4 is 16.0 Å². The third kappa shape index (κ3) is 3.20. The van der Waals surface area contributed by atoms with E-state index in [9.17, 15) is 13.2 Å². The molecule has 1 heterocycles. The SMILES string of the molecule is COC(=O)C1c2cc(OC)ccc2CCN1S(=O)(=O)c1ccc(C)cc1. The average Bonchev–Trinajstić information content (AvgIpc) is 2.66. The molecule has 0 amide bonds. The molecule has 2 aromatic carbocycles. The van der Waals surface area contributed by atoms with Gasteiger partial charge >= 0.3 is 5.97 Å². The molecular weight excluding hydrogens is 354 g/mol. The smallest absolute Gasteiger partial charge is 0.328 e. The van der Waals surface area contributed by atoms with Crippen molar-refractivity contribution in [3.05, 3.63) is 59.2 Å². The molecule has 1 aliphatic heterocycles. The van der Waals surface area contributed by atoms with E-state index < -0.39 is 22.0 Å². The summed E-state index contributed by atoms with van der Waals surface area (Å²) in [5.41, 5.74) is 2.47. The summed E-state index contributed by atoms with van der Waals surface area (Å²) in [6.07, 6.45) is 0.512. The van der Waals surface area contributed by atoms with Gasteiger partial charge in [-0.25, -0.2) is 13.2 Å². The lowest BCUT2D eigenvalue weighted by atomic mass is 9.94. The van der Waals surface area contributed by atoms with Crippen LogP contribution in [0.3, 0.4) is 0 Å². The minimum atomic E-state index is -3.85. The molecule has 0 aliphatic carbocycles. The molecule has 0 bridgehead atoms. The molecule has 6 nitrogen and oxygen atoms in total. The maximum Gasteiger partial charge on any atom is 0.328 e. The molecule has 26 heavy (non-hydrogen) atoms. The molecule has 3 rings (SSSR count). The Balaban J connectivity index is 2.11. The molecule has 1 unspecified atom stereocenters. The number of methoxy groups -OCH3 is 2. The van der Waals surface area contributed by atoms with Crippen molar-refractivity contribution in [2.75, 3.05) is 20.8 Å². The lowest BCUT2D eigenvalue weighted by molar-refractivity contribution is -0.145. The van der Waals surface area contributed by atoms with Crippen LogP contribution in [-0.2, 0) is 26.0 Å². The third-order valence-electron chi connectivity index (χ3n) is 4.59. The highest BCUT2D eigenvalue weighted by Gasteiger charge is 2.41. The Morgan fingerprint density at radius 1 is 1.12 bits per heavy atom. The lowest BCUT2D eigenvalue weighted by Gasteiger charge is -2.34. The number of fused-ring (bicyclic) bond motifs is 1. The van der Waals surface area contributed by atoms with Crippen LogP contribution in [0.25, 0.3) is 0 Å². The van der Waals surface area contributed by atoms with Crippen molar-refractivity contribution < 1.29 is 22.7 Å². The Hall–Kier alpha value is -2.38. The second-order valence-electron chi connectivity index (χ2n) is 6.17. The summed E-state index contributed by atoms with van der Waals surface area (Å²) in [5.74, 6) is -0.0536. The molecule has 0 N–H and O–H groups in total. The van der Waals surface area contributed by atoms with E-state index in [1.807, 2.05) is 13.0 Å². The van der Waals surface area contributed by atoms with Gasteiger partial charge in [0.15, 0.2) is 0 Å². The molecular formula is C19H21NO5S. The van der Waals surface area contributed by atoms with Crippen LogP contribution >= 0.6 is 0 Å². The summed E-state index contributed by atoms with van der Waals surface area (Å²) >= 11 is 0. The fraction of sp³-hybridized carbons (Fsp3) is 0.316. The number of ether oxygens (including phenoxy) is 2. The van der Waals surface area contributed by atoms with Gasteiger partial charge in [0.25, 0.3) is 0 Å². The molecule has 0 aromatic heterocycles. The zero-order chi connectivity index (χ0) is 18.9. The maximum absolute atomic E-state index is 13.2. The van der Waals surface area contributed by atoms with E-state index in [0.29, 0.717) is 17.7 Å². The molecule has 0 fully saturated rings. The van der Waals surface area contributed by atoms with Gasteiger partial charge in [0.05, 0.1) is 19.1 Å². The second kappa shape index (κ2) is 7.09. The molecule has 2 aromatic rings. The predicted octanol–water partition coefficient (Wildman–Crippen LogP) is 2.46. The average molecular weight is 375 g/mol. The molecule has 138 valence electrons. The van der Waals surface area contributed by atoms with Gasteiger partial charge in [-0.05, 0) is 48.7 Å². The van der Waals surface area contributed by atoms with Gasteiger partial charge in [0.2, 0.25) is 10.0 Å². The summed E-state index contributed by atoms with van der Waals surface area (Å²) in [7, 11) is -1.07. The van der Waals surface area contributed by atoms with Crippen molar-refractivity contribution in [3.63, 3.8) is 0 Å². The zero-order valence-corrected chi connectivity index (χ0v) is 15.7. The van der Waals surface area contributed by atoms with E-state index in [1.54, 1.807) is 36.4 Å². The number of carbonyl (C=O) groups excluding carboxylic acids is 1. The predicted molar refractivity (Wildman–Crippen MR) is 96.5 cm³/mol. The topological polar surface area (TPSA) is 72.9 Å². The molecule has 7 heteroatoms. The first-order chi connectivity index (χ1) is 12.4. The first-order valence-corrected chi connectivity index (χ1v) is 9.65. The number of hydrogen-bond acceptors (Lipinski definition) is 5. The van der Waals surface area contributed by atoms with E-state index in [1.165, 1.54) is 18.5 Å². The molecule has 0 saturated carbocycles. The third-order valence-corrected chi connectivity index (χ3v) is 6.47. The minimum absolute atomic E-state index is 0.156. The van der Waals surface area contributed by atoms with Crippen molar-refractivity contribution in [2.24, 2.45) is 0 Å². The monoisotopic (exact) mass is 375 g/mol. The standard InChI is InChI=1S/C19H21NO5S/c1-13-4-8-16(9-5-13)26(22,23)20-11-10-14-6-7-15(24-2)12-17(14)18(20)19(21)25-3/h4-9,12,18H,10-11H2,1-3H3. The number of sulfonamides is 1. The number of hydrogen-bond donors (Lipinski definition) is 0. The number of nitrogens with zero attached hydrogens (tertiary/aromatic N) is 1. The first-order valence-electron chi connectivity index (χ1n) is 8.21. The summed E-state index contributed by atoms with van der Waals surface area (Å²) < 4.78 is 37.7. The molecule has 0 radical (unpaired) electrons. The van der Waals surface area contributed by atoms with E-state index in [4.69, 9.17) is 9.47 Å². The van der Waals surface area contributed by atoms with E-state index in [2.05, 4.69) is 0 Å². The Kier molecular flexibility index (Phi) is 5.02. The van der Waals surface area contributed by atoms with Gasteiger partial charge in [0.1, 0.15) is 11.8 Å². The van der Waals surface area contributed by atoms with Crippen LogP contribution in [-0.4, -0.2) is 39.5 Å². The maximum atomic E-state index is 13.2. The van der Waals surface area contributed by atoms with E-state index in [-0.39, 0.29) is 11.4 Å². The normalized spacial score (nSPS) is 17.4. The van der Waals surface area contributed by atoms with Crippen LogP contribution in [0.1, 0.15) is 22.7 Å². The van der Waals surface area contributed by atoms with Crippen molar-refractivity contribution in [2.45, 2.75) is 24.3 Å². The number of carbonyl (C=O) groups is 1. The second-order valence-corrected chi connectivity index (χ2v) is 8.06. The van der Waals surface area contributed by atoms with Crippen molar-refractivity contribution in [1.29, 1.82) is 0 Å². The van der Waals surface area contributed by atoms with E-state index >= 15 is 0 Å². The van der Waals surface area contributed by atoms with Gasteiger partial charge < -0.3 is 9.47 Å². The van der Waals surface area contributed by atoms with Gasteiger partial charge in [0, 0.05) is 6.54 Å². The van der Waals surface area contributed by atoms with Crippen LogP contribution < -0.4 is 4.74 Å². The van der Waals surface area contributed by atoms with Crippen LogP contribution in [0.2, 0.25) is 0 Å².